The number of amides is 1. The molecule has 0 aliphatic carbocycles. The molecule has 0 unspecified atom stereocenters. The van der Waals surface area contributed by atoms with E-state index in [1.165, 1.54) is 4.31 Å². The summed E-state index contributed by atoms with van der Waals surface area (Å²) in [6, 6.07) is 17.6. The van der Waals surface area contributed by atoms with Crippen molar-refractivity contribution in [3.63, 3.8) is 0 Å². The average molecular weight is 372 g/mol. The number of sulfonamides is 1. The fraction of sp³-hybridized carbons (Fsp3) is 0.350. The molecule has 0 radical (unpaired) electrons. The van der Waals surface area contributed by atoms with Crippen molar-refractivity contribution in [3.05, 3.63) is 54.6 Å². The maximum atomic E-state index is 12.8. The van der Waals surface area contributed by atoms with E-state index in [0.29, 0.717) is 19.4 Å². The molecule has 2 aromatic carbocycles. The van der Waals surface area contributed by atoms with Crippen LogP contribution in [0.4, 0.5) is 5.69 Å². The van der Waals surface area contributed by atoms with Crippen LogP contribution in [0.1, 0.15) is 19.8 Å². The summed E-state index contributed by atoms with van der Waals surface area (Å²) >= 11 is 0. The molecule has 138 valence electrons. The van der Waals surface area contributed by atoms with Crippen molar-refractivity contribution < 1.29 is 13.2 Å². The maximum absolute atomic E-state index is 12.8. The summed E-state index contributed by atoms with van der Waals surface area (Å²) in [6.45, 7) is 2.39. The number of hydrogen-bond acceptors (Lipinski definition) is 3. The standard InChI is InChI=1S/C20H24N2O3S/c1-2-26(24,25)22-14-8-11-17(15-22)20(23)21-19-13-7-6-12-18(19)16-9-4-3-5-10-16/h3-7,9-10,12-13,17H,2,8,11,14-15H2,1H3,(H,21,23)/t17-/m0/s1. The Morgan fingerprint density at radius 2 is 1.81 bits per heavy atom. The highest BCUT2D eigenvalue weighted by atomic mass is 32.2. The Hall–Kier alpha value is -2.18. The lowest BCUT2D eigenvalue weighted by molar-refractivity contribution is -0.120. The van der Waals surface area contributed by atoms with Crippen LogP contribution in [0.15, 0.2) is 54.6 Å². The van der Waals surface area contributed by atoms with Gasteiger partial charge in [0.2, 0.25) is 15.9 Å². The highest BCUT2D eigenvalue weighted by Gasteiger charge is 2.31. The summed E-state index contributed by atoms with van der Waals surface area (Å²) in [4.78, 5) is 12.8. The molecule has 1 saturated heterocycles. The van der Waals surface area contributed by atoms with Gasteiger partial charge < -0.3 is 5.32 Å². The normalized spacial score (nSPS) is 18.4. The van der Waals surface area contributed by atoms with Gasteiger partial charge in [0, 0.05) is 24.3 Å². The van der Waals surface area contributed by atoms with E-state index in [4.69, 9.17) is 0 Å². The molecule has 6 heteroatoms. The average Bonchev–Trinajstić information content (AvgIpc) is 2.69. The molecule has 2 aromatic rings. The maximum Gasteiger partial charge on any atom is 0.228 e. The summed E-state index contributed by atoms with van der Waals surface area (Å²) in [5, 5.41) is 3.01. The van der Waals surface area contributed by atoms with Gasteiger partial charge in [0.15, 0.2) is 0 Å². The smallest absolute Gasteiger partial charge is 0.228 e. The van der Waals surface area contributed by atoms with Crippen LogP contribution in [0.2, 0.25) is 0 Å². The number of nitrogens with zero attached hydrogens (tertiary/aromatic N) is 1. The minimum Gasteiger partial charge on any atom is -0.325 e. The summed E-state index contributed by atoms with van der Waals surface area (Å²) in [5.74, 6) is -0.378. The van der Waals surface area contributed by atoms with Gasteiger partial charge >= 0.3 is 0 Å². The van der Waals surface area contributed by atoms with Gasteiger partial charge in [-0.3, -0.25) is 4.79 Å². The first kappa shape index (κ1) is 18.6. The molecule has 0 spiro atoms. The molecule has 1 atom stereocenters. The van der Waals surface area contributed by atoms with E-state index in [2.05, 4.69) is 5.32 Å². The summed E-state index contributed by atoms with van der Waals surface area (Å²) in [6.07, 6.45) is 1.41. The molecular weight excluding hydrogens is 348 g/mol. The predicted molar refractivity (Wildman–Crippen MR) is 104 cm³/mol. The molecule has 1 heterocycles. The second-order valence-electron chi connectivity index (χ2n) is 6.50. The fourth-order valence-electron chi connectivity index (χ4n) is 3.29. The van der Waals surface area contributed by atoms with Gasteiger partial charge in [-0.2, -0.15) is 0 Å². The molecule has 3 rings (SSSR count). The zero-order valence-corrected chi connectivity index (χ0v) is 15.7. The van der Waals surface area contributed by atoms with Crippen molar-refractivity contribution in [3.8, 4) is 11.1 Å². The lowest BCUT2D eigenvalue weighted by atomic mass is 9.98. The van der Waals surface area contributed by atoms with Crippen LogP contribution in [-0.4, -0.2) is 37.5 Å². The van der Waals surface area contributed by atoms with Gasteiger partial charge in [-0.1, -0.05) is 48.5 Å². The lowest BCUT2D eigenvalue weighted by Crippen LogP contribution is -2.44. The Labute approximate surface area is 155 Å². The van der Waals surface area contributed by atoms with Gasteiger partial charge in [-0.05, 0) is 31.4 Å². The number of carbonyl (C=O) groups excluding carboxylic acids is 1. The molecule has 26 heavy (non-hydrogen) atoms. The lowest BCUT2D eigenvalue weighted by Gasteiger charge is -2.31. The van der Waals surface area contributed by atoms with Crippen molar-refractivity contribution in [1.82, 2.24) is 4.31 Å². The molecule has 0 aromatic heterocycles. The predicted octanol–water partition coefficient (Wildman–Crippen LogP) is 3.35. The van der Waals surface area contributed by atoms with Crippen LogP contribution < -0.4 is 5.32 Å². The number of carbonyl (C=O) groups is 1. The second-order valence-corrected chi connectivity index (χ2v) is 8.76. The van der Waals surface area contributed by atoms with E-state index in [1.54, 1.807) is 6.92 Å². The van der Waals surface area contributed by atoms with Crippen molar-refractivity contribution in [2.45, 2.75) is 19.8 Å². The summed E-state index contributed by atoms with van der Waals surface area (Å²) in [5.41, 5.74) is 2.73. The van der Waals surface area contributed by atoms with Crippen LogP contribution in [0, 0.1) is 5.92 Å². The van der Waals surface area contributed by atoms with Crippen molar-refractivity contribution >= 4 is 21.6 Å². The van der Waals surface area contributed by atoms with Crippen LogP contribution in [0.3, 0.4) is 0 Å². The van der Waals surface area contributed by atoms with Gasteiger partial charge in [-0.15, -0.1) is 0 Å². The molecular formula is C20H24N2O3S. The first-order valence-electron chi connectivity index (χ1n) is 8.94. The third kappa shape index (κ3) is 4.14. The molecule has 0 bridgehead atoms. The minimum absolute atomic E-state index is 0.0676. The number of nitrogens with one attached hydrogen (secondary N) is 1. The third-order valence-corrected chi connectivity index (χ3v) is 6.63. The molecule has 0 saturated carbocycles. The van der Waals surface area contributed by atoms with Crippen LogP contribution in [-0.2, 0) is 14.8 Å². The summed E-state index contributed by atoms with van der Waals surface area (Å²) < 4.78 is 25.7. The number of piperidine rings is 1. The largest absolute Gasteiger partial charge is 0.325 e. The van der Waals surface area contributed by atoms with Gasteiger partial charge in [0.05, 0.1) is 11.7 Å². The third-order valence-electron chi connectivity index (χ3n) is 4.78. The molecule has 5 nitrogen and oxygen atoms in total. The number of anilines is 1. The SMILES string of the molecule is CCS(=O)(=O)N1CCC[C@H](C(=O)Nc2ccccc2-c2ccccc2)C1. The quantitative estimate of drug-likeness (QED) is 0.875. The van der Waals surface area contributed by atoms with Gasteiger partial charge in [0.1, 0.15) is 0 Å². The minimum atomic E-state index is -3.26. The molecule has 1 fully saturated rings. The zero-order valence-electron chi connectivity index (χ0n) is 14.9. The Balaban J connectivity index is 1.77. The summed E-state index contributed by atoms with van der Waals surface area (Å²) in [7, 11) is -3.26. The van der Waals surface area contributed by atoms with Crippen molar-refractivity contribution in [1.29, 1.82) is 0 Å². The highest BCUT2D eigenvalue weighted by molar-refractivity contribution is 7.89. The van der Waals surface area contributed by atoms with E-state index < -0.39 is 10.0 Å². The van der Waals surface area contributed by atoms with E-state index in [-0.39, 0.29) is 24.1 Å². The van der Waals surface area contributed by atoms with E-state index in [1.807, 2.05) is 54.6 Å². The number of benzene rings is 2. The molecule has 1 N–H and O–H groups in total. The van der Waals surface area contributed by atoms with Gasteiger partial charge in [0.25, 0.3) is 0 Å². The van der Waals surface area contributed by atoms with Crippen molar-refractivity contribution in [2.75, 3.05) is 24.2 Å². The fourth-order valence-corrected chi connectivity index (χ4v) is 4.47. The Morgan fingerprint density at radius 1 is 1.12 bits per heavy atom. The molecule has 1 aliphatic rings. The van der Waals surface area contributed by atoms with Crippen molar-refractivity contribution in [2.24, 2.45) is 5.92 Å². The van der Waals surface area contributed by atoms with Crippen LogP contribution in [0.25, 0.3) is 11.1 Å². The highest BCUT2D eigenvalue weighted by Crippen LogP contribution is 2.29. The van der Waals surface area contributed by atoms with E-state index in [0.717, 1.165) is 16.8 Å². The Morgan fingerprint density at radius 3 is 2.54 bits per heavy atom. The zero-order chi connectivity index (χ0) is 18.6. The molecule has 1 aliphatic heterocycles. The second kappa shape index (κ2) is 8.01. The Bertz CT molecular complexity index is 866. The molecule has 1 amide bonds. The monoisotopic (exact) mass is 372 g/mol. The first-order valence-corrected chi connectivity index (χ1v) is 10.6. The first-order chi connectivity index (χ1) is 12.5. The van der Waals surface area contributed by atoms with E-state index >= 15 is 0 Å². The Kier molecular flexibility index (Phi) is 5.74. The van der Waals surface area contributed by atoms with Gasteiger partial charge in [-0.25, -0.2) is 12.7 Å². The number of para-hydroxylation sites is 1. The van der Waals surface area contributed by atoms with Crippen LogP contribution >= 0.6 is 0 Å². The number of hydrogen-bond donors (Lipinski definition) is 1. The number of rotatable bonds is 5. The van der Waals surface area contributed by atoms with E-state index in [9.17, 15) is 13.2 Å². The van der Waals surface area contributed by atoms with Crippen LogP contribution in [0.5, 0.6) is 0 Å². The topological polar surface area (TPSA) is 66.5 Å².